The maximum absolute atomic E-state index is 12.0. The first-order valence-electron chi connectivity index (χ1n) is 6.97. The van der Waals surface area contributed by atoms with E-state index in [0.717, 1.165) is 39.1 Å². The van der Waals surface area contributed by atoms with Crippen molar-refractivity contribution in [1.29, 1.82) is 0 Å². The summed E-state index contributed by atoms with van der Waals surface area (Å²) in [7, 11) is 0. The van der Waals surface area contributed by atoms with Gasteiger partial charge in [-0.2, -0.15) is 5.10 Å². The second-order valence-corrected chi connectivity index (χ2v) is 4.98. The number of carbonyl (C=O) groups excluding carboxylic acids is 1. The highest BCUT2D eigenvalue weighted by molar-refractivity contribution is 5.76. The molecule has 0 N–H and O–H groups in total. The quantitative estimate of drug-likeness (QED) is 0.689. The third-order valence-corrected chi connectivity index (χ3v) is 3.36. The van der Waals surface area contributed by atoms with Crippen molar-refractivity contribution in [3.8, 4) is 0 Å². The number of carbonyl (C=O) groups is 1. The minimum Gasteiger partial charge on any atom is -0.381 e. The Morgan fingerprint density at radius 3 is 3.16 bits per heavy atom. The second-order valence-electron chi connectivity index (χ2n) is 4.98. The lowest BCUT2D eigenvalue weighted by Gasteiger charge is -2.16. The van der Waals surface area contributed by atoms with Crippen LogP contribution in [0.1, 0.15) is 26.2 Å². The molecule has 0 aromatic carbocycles. The Kier molecular flexibility index (Phi) is 5.32. The molecule has 1 aliphatic rings. The summed E-state index contributed by atoms with van der Waals surface area (Å²) in [6, 6.07) is 0. The van der Waals surface area contributed by atoms with Crippen LogP contribution in [0.15, 0.2) is 12.7 Å². The maximum Gasteiger partial charge on any atom is 0.224 e. The third-order valence-electron chi connectivity index (χ3n) is 3.36. The van der Waals surface area contributed by atoms with Crippen LogP contribution in [0.3, 0.4) is 0 Å². The van der Waals surface area contributed by atoms with Crippen molar-refractivity contribution in [3.05, 3.63) is 12.7 Å². The molecule has 0 spiro atoms. The maximum atomic E-state index is 12.0. The van der Waals surface area contributed by atoms with Crippen molar-refractivity contribution in [3.63, 3.8) is 0 Å². The second kappa shape index (κ2) is 7.23. The molecule has 1 aromatic heterocycles. The highest BCUT2D eigenvalue weighted by atomic mass is 16.5. The van der Waals surface area contributed by atoms with Gasteiger partial charge in [0.25, 0.3) is 0 Å². The molecule has 6 heteroatoms. The van der Waals surface area contributed by atoms with Gasteiger partial charge in [0, 0.05) is 32.0 Å². The van der Waals surface area contributed by atoms with Crippen molar-refractivity contribution < 1.29 is 9.53 Å². The molecule has 0 aliphatic carbocycles. The van der Waals surface area contributed by atoms with Gasteiger partial charge in [-0.1, -0.05) is 6.92 Å². The minimum absolute atomic E-state index is 0.202. The molecule has 1 aliphatic heterocycles. The molecule has 1 fully saturated rings. The summed E-state index contributed by atoms with van der Waals surface area (Å²) in [4.78, 5) is 17.8. The van der Waals surface area contributed by atoms with Gasteiger partial charge >= 0.3 is 0 Å². The molecule has 0 saturated carbocycles. The fourth-order valence-corrected chi connectivity index (χ4v) is 2.31. The van der Waals surface area contributed by atoms with Crippen molar-refractivity contribution >= 4 is 5.91 Å². The minimum atomic E-state index is 0.202. The number of aryl methyl sites for hydroxylation is 1. The highest BCUT2D eigenvalue weighted by Crippen LogP contribution is 2.17. The molecule has 2 rings (SSSR count). The molecule has 106 valence electrons. The van der Waals surface area contributed by atoms with E-state index in [1.807, 2.05) is 4.90 Å². The van der Waals surface area contributed by atoms with Gasteiger partial charge in [0.15, 0.2) is 0 Å². The topological polar surface area (TPSA) is 60.2 Å². The van der Waals surface area contributed by atoms with Crippen LogP contribution in [0.4, 0.5) is 0 Å². The summed E-state index contributed by atoms with van der Waals surface area (Å²) in [6.07, 6.45) is 5.72. The molecule has 0 bridgehead atoms. The zero-order chi connectivity index (χ0) is 13.5. The Morgan fingerprint density at radius 1 is 1.53 bits per heavy atom. The summed E-state index contributed by atoms with van der Waals surface area (Å²) in [5.74, 6) is 0.704. The fraction of sp³-hybridized carbons (Fsp3) is 0.769. The van der Waals surface area contributed by atoms with Gasteiger partial charge in [-0.3, -0.25) is 9.48 Å². The smallest absolute Gasteiger partial charge is 0.224 e. The summed E-state index contributed by atoms with van der Waals surface area (Å²) >= 11 is 0. The molecular formula is C13H22N4O2. The number of hydrogen-bond acceptors (Lipinski definition) is 4. The van der Waals surface area contributed by atoms with Crippen molar-refractivity contribution in [2.75, 3.05) is 26.3 Å². The summed E-state index contributed by atoms with van der Waals surface area (Å²) < 4.78 is 7.24. The van der Waals surface area contributed by atoms with Crippen LogP contribution in [0.2, 0.25) is 0 Å². The van der Waals surface area contributed by atoms with E-state index >= 15 is 0 Å². The molecule has 0 radical (unpaired) electrons. The number of aromatic nitrogens is 3. The standard InChI is InChI=1S/C13H22N4O2/c1-2-7-19-9-12-3-5-16(8-12)13(18)4-6-17-11-14-10-15-17/h10-12H,2-9H2,1H3. The third kappa shape index (κ3) is 4.31. The number of amides is 1. The van der Waals surface area contributed by atoms with Crippen LogP contribution in [0.5, 0.6) is 0 Å². The van der Waals surface area contributed by atoms with Crippen LogP contribution in [-0.2, 0) is 16.1 Å². The van der Waals surface area contributed by atoms with E-state index in [9.17, 15) is 4.79 Å². The number of likely N-dealkylation sites (tertiary alicyclic amines) is 1. The normalized spacial score (nSPS) is 19.0. The van der Waals surface area contributed by atoms with Crippen LogP contribution < -0.4 is 0 Å². The lowest BCUT2D eigenvalue weighted by molar-refractivity contribution is -0.130. The molecular weight excluding hydrogens is 244 g/mol. The monoisotopic (exact) mass is 266 g/mol. The molecule has 1 amide bonds. The molecule has 1 saturated heterocycles. The van der Waals surface area contributed by atoms with Crippen LogP contribution in [0, 0.1) is 5.92 Å². The van der Waals surface area contributed by atoms with Crippen molar-refractivity contribution in [2.45, 2.75) is 32.7 Å². The molecule has 1 atom stereocenters. The average Bonchev–Trinajstić information content (AvgIpc) is 3.07. The van der Waals surface area contributed by atoms with E-state index in [2.05, 4.69) is 17.0 Å². The fourth-order valence-electron chi connectivity index (χ4n) is 2.31. The number of rotatable bonds is 7. The summed E-state index contributed by atoms with van der Waals surface area (Å²) in [5.41, 5.74) is 0. The Bertz CT molecular complexity index is 380. The zero-order valence-corrected chi connectivity index (χ0v) is 11.5. The Morgan fingerprint density at radius 2 is 2.42 bits per heavy atom. The van der Waals surface area contributed by atoms with Gasteiger partial charge in [-0.15, -0.1) is 0 Å². The number of nitrogens with zero attached hydrogens (tertiary/aromatic N) is 4. The van der Waals surface area contributed by atoms with E-state index < -0.39 is 0 Å². The van der Waals surface area contributed by atoms with Gasteiger partial charge in [0.2, 0.25) is 5.91 Å². The Labute approximate surface area is 113 Å². The highest BCUT2D eigenvalue weighted by Gasteiger charge is 2.25. The molecule has 2 heterocycles. The number of ether oxygens (including phenoxy) is 1. The molecule has 19 heavy (non-hydrogen) atoms. The van der Waals surface area contributed by atoms with Gasteiger partial charge < -0.3 is 9.64 Å². The van der Waals surface area contributed by atoms with Gasteiger partial charge in [0.05, 0.1) is 13.2 Å². The van der Waals surface area contributed by atoms with E-state index in [1.54, 1.807) is 11.0 Å². The van der Waals surface area contributed by atoms with Crippen LogP contribution >= 0.6 is 0 Å². The van der Waals surface area contributed by atoms with Crippen molar-refractivity contribution in [1.82, 2.24) is 19.7 Å². The lowest BCUT2D eigenvalue weighted by Crippen LogP contribution is -2.30. The summed E-state index contributed by atoms with van der Waals surface area (Å²) in [6.45, 7) is 5.99. The lowest BCUT2D eigenvalue weighted by atomic mass is 10.1. The van der Waals surface area contributed by atoms with Gasteiger partial charge in [-0.05, 0) is 12.8 Å². The predicted molar refractivity (Wildman–Crippen MR) is 70.4 cm³/mol. The van der Waals surface area contributed by atoms with Crippen LogP contribution in [-0.4, -0.2) is 51.9 Å². The van der Waals surface area contributed by atoms with Crippen molar-refractivity contribution in [2.24, 2.45) is 5.92 Å². The molecule has 6 nitrogen and oxygen atoms in total. The summed E-state index contributed by atoms with van der Waals surface area (Å²) in [5, 5.41) is 3.99. The first-order valence-corrected chi connectivity index (χ1v) is 6.97. The first kappa shape index (κ1) is 14.0. The van der Waals surface area contributed by atoms with E-state index in [0.29, 0.717) is 18.9 Å². The largest absolute Gasteiger partial charge is 0.381 e. The van der Waals surface area contributed by atoms with Gasteiger partial charge in [0.1, 0.15) is 12.7 Å². The van der Waals surface area contributed by atoms with E-state index in [-0.39, 0.29) is 5.91 Å². The predicted octanol–water partition coefficient (Wildman–Crippen LogP) is 0.943. The SMILES string of the molecule is CCCOCC1CCN(C(=O)CCn2cncn2)C1. The number of hydrogen-bond donors (Lipinski definition) is 0. The van der Waals surface area contributed by atoms with E-state index in [4.69, 9.17) is 4.74 Å². The molecule has 1 aromatic rings. The Balaban J connectivity index is 1.66. The first-order chi connectivity index (χ1) is 9.29. The Hall–Kier alpha value is -1.43. The average molecular weight is 266 g/mol. The molecule has 1 unspecified atom stereocenters. The van der Waals surface area contributed by atoms with Gasteiger partial charge in [-0.25, -0.2) is 4.98 Å². The van der Waals surface area contributed by atoms with E-state index in [1.165, 1.54) is 6.33 Å². The zero-order valence-electron chi connectivity index (χ0n) is 11.5. The van der Waals surface area contributed by atoms with Crippen LogP contribution in [0.25, 0.3) is 0 Å².